The highest BCUT2D eigenvalue weighted by Gasteiger charge is 2.34. The lowest BCUT2D eigenvalue weighted by Crippen LogP contribution is -2.53. The van der Waals surface area contributed by atoms with Crippen LogP contribution in [0.3, 0.4) is 0 Å². The standard InChI is InChI=1S/C19H26N4O4S2/c1-27-15-5-6-16-17(12-15)28-19(20-16)22-10-8-21(9-11-22)18(24)14-4-3-7-23(13-14)29(2,25)26/h5-6,12,14H,3-4,7-11,13H2,1-2H3/t14-/m0/s1. The van der Waals surface area contributed by atoms with Gasteiger partial charge in [-0.05, 0) is 31.0 Å². The highest BCUT2D eigenvalue weighted by atomic mass is 32.2. The van der Waals surface area contributed by atoms with Crippen LogP contribution in [0.15, 0.2) is 18.2 Å². The third-order valence-electron chi connectivity index (χ3n) is 5.65. The van der Waals surface area contributed by atoms with E-state index in [-0.39, 0.29) is 11.8 Å². The number of aromatic nitrogens is 1. The zero-order chi connectivity index (χ0) is 20.6. The van der Waals surface area contributed by atoms with Crippen molar-refractivity contribution in [3.8, 4) is 5.75 Å². The molecule has 0 spiro atoms. The lowest BCUT2D eigenvalue weighted by Gasteiger charge is -2.38. The van der Waals surface area contributed by atoms with Crippen LogP contribution in [0.1, 0.15) is 12.8 Å². The number of sulfonamides is 1. The van der Waals surface area contributed by atoms with Crippen molar-refractivity contribution in [1.82, 2.24) is 14.2 Å². The molecule has 29 heavy (non-hydrogen) atoms. The van der Waals surface area contributed by atoms with E-state index in [0.29, 0.717) is 26.2 Å². The van der Waals surface area contributed by atoms with E-state index in [4.69, 9.17) is 9.72 Å². The first kappa shape index (κ1) is 20.4. The number of piperazine rings is 1. The normalized spacial score (nSPS) is 21.5. The molecule has 2 fully saturated rings. The summed E-state index contributed by atoms with van der Waals surface area (Å²) in [4.78, 5) is 21.8. The molecule has 1 aromatic carbocycles. The van der Waals surface area contributed by atoms with Crippen LogP contribution >= 0.6 is 11.3 Å². The molecule has 2 aromatic rings. The number of carbonyl (C=O) groups excluding carboxylic acids is 1. The van der Waals surface area contributed by atoms with Gasteiger partial charge in [0.05, 0.1) is 29.5 Å². The van der Waals surface area contributed by atoms with E-state index >= 15 is 0 Å². The third-order valence-corrected chi connectivity index (χ3v) is 8.00. The molecule has 10 heteroatoms. The van der Waals surface area contributed by atoms with Gasteiger partial charge in [0.1, 0.15) is 5.75 Å². The number of nitrogens with zero attached hydrogens (tertiary/aromatic N) is 4. The number of anilines is 1. The Morgan fingerprint density at radius 3 is 2.66 bits per heavy atom. The maximum atomic E-state index is 12.9. The van der Waals surface area contributed by atoms with Crippen LogP contribution in [-0.4, -0.2) is 81.1 Å². The van der Waals surface area contributed by atoms with Gasteiger partial charge in [0.15, 0.2) is 5.13 Å². The Morgan fingerprint density at radius 2 is 1.97 bits per heavy atom. The Balaban J connectivity index is 1.38. The average Bonchev–Trinajstić information content (AvgIpc) is 3.16. The summed E-state index contributed by atoms with van der Waals surface area (Å²) in [7, 11) is -1.59. The van der Waals surface area contributed by atoms with Gasteiger partial charge in [-0.15, -0.1) is 0 Å². The number of benzene rings is 1. The summed E-state index contributed by atoms with van der Waals surface area (Å²) in [6, 6.07) is 5.86. The van der Waals surface area contributed by atoms with E-state index < -0.39 is 10.0 Å². The summed E-state index contributed by atoms with van der Waals surface area (Å²) in [6.45, 7) is 3.54. The largest absolute Gasteiger partial charge is 0.497 e. The molecular weight excluding hydrogens is 412 g/mol. The number of carbonyl (C=O) groups is 1. The quantitative estimate of drug-likeness (QED) is 0.722. The SMILES string of the molecule is COc1ccc2nc(N3CCN(C(=O)[C@H]4CCCN(S(C)(=O)=O)C4)CC3)sc2c1. The molecule has 2 saturated heterocycles. The lowest BCUT2D eigenvalue weighted by atomic mass is 9.98. The second-order valence-corrected chi connectivity index (χ2v) is 10.6. The number of rotatable bonds is 4. The second-order valence-electron chi connectivity index (χ2n) is 7.60. The summed E-state index contributed by atoms with van der Waals surface area (Å²) in [5, 5.41) is 0.960. The molecule has 0 saturated carbocycles. The lowest BCUT2D eigenvalue weighted by molar-refractivity contribution is -0.137. The fourth-order valence-electron chi connectivity index (χ4n) is 3.98. The van der Waals surface area contributed by atoms with E-state index in [1.165, 1.54) is 10.6 Å². The van der Waals surface area contributed by atoms with Gasteiger partial charge in [-0.3, -0.25) is 4.79 Å². The van der Waals surface area contributed by atoms with Gasteiger partial charge in [0, 0.05) is 39.3 Å². The van der Waals surface area contributed by atoms with Crippen LogP contribution in [0.25, 0.3) is 10.2 Å². The predicted molar refractivity (Wildman–Crippen MR) is 114 cm³/mol. The van der Waals surface area contributed by atoms with Crippen molar-refractivity contribution in [3.63, 3.8) is 0 Å². The van der Waals surface area contributed by atoms with Crippen LogP contribution in [0.2, 0.25) is 0 Å². The van der Waals surface area contributed by atoms with Crippen molar-refractivity contribution in [1.29, 1.82) is 0 Å². The molecule has 0 N–H and O–H groups in total. The fourth-order valence-corrected chi connectivity index (χ4v) is 5.93. The molecule has 2 aliphatic rings. The highest BCUT2D eigenvalue weighted by molar-refractivity contribution is 7.88. The van der Waals surface area contributed by atoms with Crippen LogP contribution in [0.5, 0.6) is 5.75 Å². The molecule has 1 aromatic heterocycles. The topological polar surface area (TPSA) is 83.1 Å². The van der Waals surface area contributed by atoms with Gasteiger partial charge in [0.25, 0.3) is 0 Å². The predicted octanol–water partition coefficient (Wildman–Crippen LogP) is 1.63. The summed E-state index contributed by atoms with van der Waals surface area (Å²) in [5.74, 6) is 0.658. The zero-order valence-corrected chi connectivity index (χ0v) is 18.3. The van der Waals surface area contributed by atoms with E-state index in [0.717, 1.165) is 47.0 Å². The van der Waals surface area contributed by atoms with E-state index in [9.17, 15) is 13.2 Å². The van der Waals surface area contributed by atoms with Crippen molar-refractivity contribution < 1.29 is 17.9 Å². The monoisotopic (exact) mass is 438 g/mol. The van der Waals surface area contributed by atoms with Crippen molar-refractivity contribution in [2.75, 3.05) is 57.5 Å². The van der Waals surface area contributed by atoms with Gasteiger partial charge >= 0.3 is 0 Å². The molecule has 158 valence electrons. The molecule has 8 nitrogen and oxygen atoms in total. The zero-order valence-electron chi connectivity index (χ0n) is 16.7. The summed E-state index contributed by atoms with van der Waals surface area (Å²) in [5.41, 5.74) is 0.951. The van der Waals surface area contributed by atoms with Crippen molar-refractivity contribution in [3.05, 3.63) is 18.2 Å². The number of thiazole rings is 1. The summed E-state index contributed by atoms with van der Waals surface area (Å²) in [6.07, 6.45) is 2.70. The minimum Gasteiger partial charge on any atom is -0.497 e. The van der Waals surface area contributed by atoms with Crippen LogP contribution in [-0.2, 0) is 14.8 Å². The van der Waals surface area contributed by atoms with E-state index in [1.807, 2.05) is 23.1 Å². The Labute approximate surface area is 175 Å². The summed E-state index contributed by atoms with van der Waals surface area (Å²) < 4.78 is 31.5. The Kier molecular flexibility index (Phi) is 5.67. The average molecular weight is 439 g/mol. The minimum absolute atomic E-state index is 0.0760. The highest BCUT2D eigenvalue weighted by Crippen LogP contribution is 2.32. The first-order valence-corrected chi connectivity index (χ1v) is 12.4. The maximum absolute atomic E-state index is 12.9. The molecule has 3 heterocycles. The van der Waals surface area contributed by atoms with Gasteiger partial charge in [-0.1, -0.05) is 11.3 Å². The molecule has 0 unspecified atom stereocenters. The number of piperidine rings is 1. The smallest absolute Gasteiger partial charge is 0.227 e. The Morgan fingerprint density at radius 1 is 1.21 bits per heavy atom. The first-order chi connectivity index (χ1) is 13.8. The number of hydrogen-bond donors (Lipinski definition) is 0. The van der Waals surface area contributed by atoms with Gasteiger partial charge in [-0.2, -0.15) is 0 Å². The number of amides is 1. The van der Waals surface area contributed by atoms with Gasteiger partial charge in [-0.25, -0.2) is 17.7 Å². The van der Waals surface area contributed by atoms with E-state index in [2.05, 4.69) is 4.90 Å². The minimum atomic E-state index is -3.25. The number of fused-ring (bicyclic) bond motifs is 1. The van der Waals surface area contributed by atoms with Crippen LogP contribution in [0.4, 0.5) is 5.13 Å². The molecular formula is C19H26N4O4S2. The number of methoxy groups -OCH3 is 1. The van der Waals surface area contributed by atoms with Gasteiger partial charge in [0.2, 0.25) is 15.9 Å². The molecule has 0 radical (unpaired) electrons. The van der Waals surface area contributed by atoms with E-state index in [1.54, 1.807) is 18.4 Å². The van der Waals surface area contributed by atoms with Crippen molar-refractivity contribution >= 4 is 42.6 Å². The molecule has 0 aliphatic carbocycles. The Bertz CT molecular complexity index is 999. The summed E-state index contributed by atoms with van der Waals surface area (Å²) >= 11 is 1.63. The molecule has 4 rings (SSSR count). The molecule has 1 amide bonds. The second kappa shape index (κ2) is 8.08. The van der Waals surface area contributed by atoms with Crippen molar-refractivity contribution in [2.45, 2.75) is 12.8 Å². The molecule has 2 aliphatic heterocycles. The van der Waals surface area contributed by atoms with Crippen molar-refractivity contribution in [2.24, 2.45) is 5.92 Å². The molecule has 0 bridgehead atoms. The fraction of sp³-hybridized carbons (Fsp3) is 0.579. The number of ether oxygens (including phenoxy) is 1. The molecule has 1 atom stereocenters. The van der Waals surface area contributed by atoms with Crippen LogP contribution < -0.4 is 9.64 Å². The van der Waals surface area contributed by atoms with Crippen LogP contribution in [0, 0.1) is 5.92 Å². The third kappa shape index (κ3) is 4.34. The first-order valence-electron chi connectivity index (χ1n) is 9.78. The maximum Gasteiger partial charge on any atom is 0.227 e. The van der Waals surface area contributed by atoms with Gasteiger partial charge < -0.3 is 14.5 Å². The number of hydrogen-bond acceptors (Lipinski definition) is 7. The Hall–Kier alpha value is -1.91.